The van der Waals surface area contributed by atoms with Crippen molar-refractivity contribution in [1.29, 1.82) is 0 Å². The molecule has 1 aromatic heterocycles. The van der Waals surface area contributed by atoms with Gasteiger partial charge in [0.2, 0.25) is 0 Å². The lowest BCUT2D eigenvalue weighted by Gasteiger charge is -2.15. The Labute approximate surface area is 165 Å². The molecule has 5 heteroatoms. The number of rotatable bonds is 8. The molecule has 0 aliphatic carbocycles. The lowest BCUT2D eigenvalue weighted by Crippen LogP contribution is -2.26. The number of carbonyl (C=O) groups is 1. The molecule has 5 nitrogen and oxygen atoms in total. The van der Waals surface area contributed by atoms with Crippen LogP contribution in [0.3, 0.4) is 0 Å². The smallest absolute Gasteiger partial charge is 0.253 e. The molecule has 0 aliphatic rings. The summed E-state index contributed by atoms with van der Waals surface area (Å²) in [6.07, 6.45) is 4.11. The topological polar surface area (TPSA) is 63.2 Å². The summed E-state index contributed by atoms with van der Waals surface area (Å²) in [6, 6.07) is 19.6. The fourth-order valence-electron chi connectivity index (χ4n) is 3.02. The molecule has 3 aromatic rings. The summed E-state index contributed by atoms with van der Waals surface area (Å²) >= 11 is 0. The lowest BCUT2D eigenvalue weighted by molar-refractivity contribution is 0.0939. The van der Waals surface area contributed by atoms with Crippen LogP contribution in [0.25, 0.3) is 0 Å². The summed E-state index contributed by atoms with van der Waals surface area (Å²) in [5, 5.41) is 6.34. The molecule has 0 spiro atoms. The first-order chi connectivity index (χ1) is 13.7. The van der Waals surface area contributed by atoms with Gasteiger partial charge in [0, 0.05) is 18.9 Å². The summed E-state index contributed by atoms with van der Waals surface area (Å²) in [4.78, 5) is 16.8. The van der Waals surface area contributed by atoms with Crippen LogP contribution < -0.4 is 15.4 Å². The average molecular weight is 375 g/mol. The van der Waals surface area contributed by atoms with Gasteiger partial charge in [-0.1, -0.05) is 48.5 Å². The first-order valence-corrected chi connectivity index (χ1v) is 9.34. The van der Waals surface area contributed by atoms with E-state index in [1.165, 1.54) is 0 Å². The number of carbonyl (C=O) groups excluding carboxylic acids is 1. The molecule has 2 aromatic carbocycles. The SMILES string of the molecule is COc1ccccc1CCNc1cncc(C(=O)NC(C)c2ccccc2)c1. The van der Waals surface area contributed by atoms with E-state index in [-0.39, 0.29) is 11.9 Å². The van der Waals surface area contributed by atoms with E-state index >= 15 is 0 Å². The van der Waals surface area contributed by atoms with Gasteiger partial charge >= 0.3 is 0 Å². The zero-order chi connectivity index (χ0) is 19.8. The van der Waals surface area contributed by atoms with Gasteiger partial charge in [-0.15, -0.1) is 0 Å². The Bertz CT molecular complexity index is 912. The van der Waals surface area contributed by atoms with Crippen LogP contribution in [0, 0.1) is 0 Å². The second-order valence-corrected chi connectivity index (χ2v) is 6.56. The number of methoxy groups -OCH3 is 1. The predicted octanol–water partition coefficient (Wildman–Crippen LogP) is 4.24. The van der Waals surface area contributed by atoms with Gasteiger partial charge in [-0.3, -0.25) is 9.78 Å². The van der Waals surface area contributed by atoms with Crippen molar-refractivity contribution >= 4 is 11.6 Å². The maximum Gasteiger partial charge on any atom is 0.253 e. The molecule has 144 valence electrons. The molecule has 0 aliphatic heterocycles. The molecule has 1 amide bonds. The van der Waals surface area contributed by atoms with Gasteiger partial charge in [-0.05, 0) is 36.6 Å². The molecule has 1 atom stereocenters. The Hall–Kier alpha value is -3.34. The van der Waals surface area contributed by atoms with Crippen molar-refractivity contribution in [2.75, 3.05) is 19.0 Å². The van der Waals surface area contributed by atoms with Gasteiger partial charge in [0.15, 0.2) is 0 Å². The Morgan fingerprint density at radius 3 is 2.61 bits per heavy atom. The van der Waals surface area contributed by atoms with Crippen LogP contribution in [0.5, 0.6) is 5.75 Å². The normalized spacial score (nSPS) is 11.5. The molecule has 1 heterocycles. The number of aromatic nitrogens is 1. The Balaban J connectivity index is 1.58. The lowest BCUT2D eigenvalue weighted by atomic mass is 10.1. The van der Waals surface area contributed by atoms with Crippen LogP contribution >= 0.6 is 0 Å². The van der Waals surface area contributed by atoms with Crippen molar-refractivity contribution in [1.82, 2.24) is 10.3 Å². The minimum atomic E-state index is -0.141. The van der Waals surface area contributed by atoms with E-state index in [0.717, 1.165) is 29.0 Å². The highest BCUT2D eigenvalue weighted by molar-refractivity contribution is 5.94. The van der Waals surface area contributed by atoms with Crippen molar-refractivity contribution < 1.29 is 9.53 Å². The summed E-state index contributed by atoms with van der Waals surface area (Å²) in [5.74, 6) is 0.739. The number of anilines is 1. The van der Waals surface area contributed by atoms with E-state index in [2.05, 4.69) is 15.6 Å². The van der Waals surface area contributed by atoms with Crippen LogP contribution in [-0.4, -0.2) is 24.5 Å². The first kappa shape index (κ1) is 19.4. The van der Waals surface area contributed by atoms with E-state index in [1.807, 2.05) is 67.6 Å². The maximum atomic E-state index is 12.6. The van der Waals surface area contributed by atoms with Crippen molar-refractivity contribution in [3.8, 4) is 5.75 Å². The van der Waals surface area contributed by atoms with E-state index < -0.39 is 0 Å². The monoisotopic (exact) mass is 375 g/mol. The fraction of sp³-hybridized carbons (Fsp3) is 0.217. The number of hydrogen-bond acceptors (Lipinski definition) is 4. The molecule has 0 radical (unpaired) electrons. The van der Waals surface area contributed by atoms with Gasteiger partial charge in [-0.2, -0.15) is 0 Å². The summed E-state index contributed by atoms with van der Waals surface area (Å²) in [5.41, 5.74) is 3.55. The zero-order valence-corrected chi connectivity index (χ0v) is 16.2. The first-order valence-electron chi connectivity index (χ1n) is 9.34. The highest BCUT2D eigenvalue weighted by atomic mass is 16.5. The number of ether oxygens (including phenoxy) is 1. The van der Waals surface area contributed by atoms with Crippen LogP contribution in [0.15, 0.2) is 73.1 Å². The van der Waals surface area contributed by atoms with E-state index in [9.17, 15) is 4.79 Å². The number of hydrogen-bond donors (Lipinski definition) is 2. The van der Waals surface area contributed by atoms with Gasteiger partial charge in [0.25, 0.3) is 5.91 Å². The van der Waals surface area contributed by atoms with Crippen LogP contribution in [0.4, 0.5) is 5.69 Å². The fourth-order valence-corrected chi connectivity index (χ4v) is 3.02. The molecular formula is C23H25N3O2. The molecule has 0 fully saturated rings. The number of amides is 1. The van der Waals surface area contributed by atoms with Gasteiger partial charge in [0.1, 0.15) is 5.75 Å². The van der Waals surface area contributed by atoms with Crippen LogP contribution in [-0.2, 0) is 6.42 Å². The van der Waals surface area contributed by atoms with E-state index in [4.69, 9.17) is 4.74 Å². The summed E-state index contributed by atoms with van der Waals surface area (Å²) in [6.45, 7) is 2.68. The Morgan fingerprint density at radius 1 is 1.07 bits per heavy atom. The molecule has 0 saturated carbocycles. The summed E-state index contributed by atoms with van der Waals surface area (Å²) < 4.78 is 5.38. The molecule has 1 unspecified atom stereocenters. The number of pyridine rings is 1. The highest BCUT2D eigenvalue weighted by Crippen LogP contribution is 2.18. The van der Waals surface area contributed by atoms with Gasteiger partial charge in [-0.25, -0.2) is 0 Å². The molecular weight excluding hydrogens is 350 g/mol. The largest absolute Gasteiger partial charge is 0.496 e. The molecule has 2 N–H and O–H groups in total. The standard InChI is InChI=1S/C23H25N3O2/c1-17(18-8-4-3-5-9-18)26-23(27)20-14-21(16-24-15-20)25-13-12-19-10-6-7-11-22(19)28-2/h3-11,14-17,25H,12-13H2,1-2H3,(H,26,27). The second-order valence-electron chi connectivity index (χ2n) is 6.56. The van der Waals surface area contributed by atoms with E-state index in [1.54, 1.807) is 19.5 Å². The Morgan fingerprint density at radius 2 is 1.82 bits per heavy atom. The van der Waals surface area contributed by atoms with Crippen molar-refractivity contribution in [2.24, 2.45) is 0 Å². The predicted molar refractivity (Wildman–Crippen MR) is 112 cm³/mol. The number of nitrogens with one attached hydrogen (secondary N) is 2. The molecule has 0 saturated heterocycles. The minimum Gasteiger partial charge on any atom is -0.496 e. The van der Waals surface area contributed by atoms with Crippen molar-refractivity contribution in [2.45, 2.75) is 19.4 Å². The Kier molecular flexibility index (Phi) is 6.63. The van der Waals surface area contributed by atoms with Crippen LogP contribution in [0.1, 0.15) is 34.5 Å². The molecule has 28 heavy (non-hydrogen) atoms. The third-order valence-corrected chi connectivity index (χ3v) is 4.56. The van der Waals surface area contributed by atoms with Gasteiger partial charge < -0.3 is 15.4 Å². The average Bonchev–Trinajstić information content (AvgIpc) is 2.75. The third kappa shape index (κ3) is 5.10. The van der Waals surface area contributed by atoms with E-state index in [0.29, 0.717) is 12.1 Å². The van der Waals surface area contributed by atoms with Crippen molar-refractivity contribution in [3.63, 3.8) is 0 Å². The second kappa shape index (κ2) is 9.55. The molecule has 3 rings (SSSR count). The maximum absolute atomic E-state index is 12.6. The third-order valence-electron chi connectivity index (χ3n) is 4.56. The van der Waals surface area contributed by atoms with Gasteiger partial charge in [0.05, 0.1) is 24.4 Å². The zero-order valence-electron chi connectivity index (χ0n) is 16.2. The quantitative estimate of drug-likeness (QED) is 0.618. The highest BCUT2D eigenvalue weighted by Gasteiger charge is 2.12. The van der Waals surface area contributed by atoms with Crippen LogP contribution in [0.2, 0.25) is 0 Å². The number of nitrogens with zero attached hydrogens (tertiary/aromatic N) is 1. The number of benzene rings is 2. The minimum absolute atomic E-state index is 0.0733. The molecule has 0 bridgehead atoms. The van der Waals surface area contributed by atoms with Crippen molar-refractivity contribution in [3.05, 3.63) is 89.7 Å². The summed E-state index contributed by atoms with van der Waals surface area (Å²) in [7, 11) is 1.68. The number of para-hydroxylation sites is 1.